The number of nitrogens with one attached hydrogen (secondary N) is 1. The minimum atomic E-state index is -0.297. The number of fused-ring (bicyclic) bond motifs is 2. The summed E-state index contributed by atoms with van der Waals surface area (Å²) in [6.45, 7) is 7.09. The fourth-order valence-corrected chi connectivity index (χ4v) is 5.69. The number of hydrogen-bond donors (Lipinski definition) is 2. The van der Waals surface area contributed by atoms with Crippen LogP contribution in [0.2, 0.25) is 5.02 Å². The van der Waals surface area contributed by atoms with Crippen molar-refractivity contribution in [2.75, 3.05) is 19.3 Å². The molecular formula is C25H29ClN8O2. The number of carbonyl (C=O) groups excluding carboxylic acids is 1. The third-order valence-corrected chi connectivity index (χ3v) is 7.70. The highest BCUT2D eigenvalue weighted by atomic mass is 35.5. The van der Waals surface area contributed by atoms with Crippen molar-refractivity contribution in [3.63, 3.8) is 0 Å². The Morgan fingerprint density at radius 3 is 2.83 bits per heavy atom. The lowest BCUT2D eigenvalue weighted by molar-refractivity contribution is -0.129. The van der Waals surface area contributed by atoms with Gasteiger partial charge in [-0.1, -0.05) is 11.6 Å². The van der Waals surface area contributed by atoms with E-state index in [9.17, 15) is 10.1 Å². The largest absolute Gasteiger partial charge is 0.489 e. The molecule has 1 aliphatic carbocycles. The van der Waals surface area contributed by atoms with Gasteiger partial charge in [-0.3, -0.25) is 9.69 Å². The van der Waals surface area contributed by atoms with E-state index in [0.29, 0.717) is 46.3 Å². The zero-order valence-electron chi connectivity index (χ0n) is 20.7. The molecule has 1 saturated carbocycles. The molecule has 3 aromatic rings. The molecule has 0 bridgehead atoms. The molecule has 188 valence electrons. The Balaban J connectivity index is 1.57. The molecule has 36 heavy (non-hydrogen) atoms. The third-order valence-electron chi connectivity index (χ3n) is 7.40. The van der Waals surface area contributed by atoms with Crippen molar-refractivity contribution in [1.82, 2.24) is 30.0 Å². The van der Waals surface area contributed by atoms with Crippen molar-refractivity contribution in [2.24, 2.45) is 5.92 Å². The van der Waals surface area contributed by atoms with Gasteiger partial charge in [0.15, 0.2) is 5.65 Å². The second-order valence-electron chi connectivity index (χ2n) is 9.70. The zero-order chi connectivity index (χ0) is 25.7. The highest BCUT2D eigenvalue weighted by Gasteiger charge is 2.40. The number of nitriles is 1. The average molecular weight is 509 g/mol. The summed E-state index contributed by atoms with van der Waals surface area (Å²) in [6, 6.07) is 4.03. The number of halogens is 1. The van der Waals surface area contributed by atoms with E-state index in [1.165, 1.54) is 6.33 Å². The molecular weight excluding hydrogens is 480 g/mol. The Hall–Kier alpha value is -3.42. The molecule has 0 unspecified atom stereocenters. The lowest BCUT2D eigenvalue weighted by Gasteiger charge is -2.42. The van der Waals surface area contributed by atoms with Gasteiger partial charge in [-0.05, 0) is 39.7 Å². The normalized spacial score (nSPS) is 22.6. The van der Waals surface area contributed by atoms with Crippen LogP contribution in [0.25, 0.3) is 11.0 Å². The first-order chi connectivity index (χ1) is 17.2. The van der Waals surface area contributed by atoms with E-state index in [1.807, 2.05) is 20.8 Å². The van der Waals surface area contributed by atoms with Gasteiger partial charge in [-0.2, -0.15) is 10.4 Å². The Bertz CT molecular complexity index is 1390. The number of nitrogen functional groups attached to an aromatic ring is 1. The van der Waals surface area contributed by atoms with Crippen molar-refractivity contribution in [1.29, 1.82) is 5.26 Å². The molecule has 5 rings (SSSR count). The average Bonchev–Trinajstić information content (AvgIpc) is 3.06. The summed E-state index contributed by atoms with van der Waals surface area (Å²) in [5.74, 6) is 1.14. The highest BCUT2D eigenvalue weighted by molar-refractivity contribution is 6.32. The Labute approximate surface area is 214 Å². The van der Waals surface area contributed by atoms with Gasteiger partial charge in [0.2, 0.25) is 5.91 Å². The molecule has 0 radical (unpaired) electrons. The SMILES string of the molecule is CNC(=O)C1CC(N2Cc3c(C#N)c(Cl)cc([C@@H](C)n4nc(C)c5c(N)ncnc54)c3O[C@@H](C)C2)C1. The van der Waals surface area contributed by atoms with Gasteiger partial charge < -0.3 is 15.8 Å². The number of ether oxygens (including phenoxy) is 1. The predicted molar refractivity (Wildman–Crippen MR) is 136 cm³/mol. The van der Waals surface area contributed by atoms with E-state index in [1.54, 1.807) is 17.8 Å². The number of benzene rings is 1. The highest BCUT2D eigenvalue weighted by Crippen LogP contribution is 2.43. The summed E-state index contributed by atoms with van der Waals surface area (Å²) < 4.78 is 8.29. The first-order valence-electron chi connectivity index (χ1n) is 12.1. The fourth-order valence-electron chi connectivity index (χ4n) is 5.42. The summed E-state index contributed by atoms with van der Waals surface area (Å²) in [4.78, 5) is 22.9. The van der Waals surface area contributed by atoms with Gasteiger partial charge in [-0.25, -0.2) is 14.6 Å². The zero-order valence-corrected chi connectivity index (χ0v) is 21.5. The maximum Gasteiger partial charge on any atom is 0.222 e. The monoisotopic (exact) mass is 508 g/mol. The Morgan fingerprint density at radius 1 is 1.39 bits per heavy atom. The van der Waals surface area contributed by atoms with Crippen LogP contribution in [0.15, 0.2) is 12.4 Å². The standard InChI is InChI=1S/C25H29ClN8O2/c1-12-9-33(16-5-15(6-16)25(35)29-4)10-19-18(8-27)20(26)7-17(22(19)36-12)14(3)34-24-21(13(2)32-34)23(28)30-11-31-24/h7,11-12,14-16H,5-6,9-10H2,1-4H3,(H,29,35)(H2,28,30,31)/t12-,14+,15?,16?/m0/s1. The minimum absolute atomic E-state index is 0.0232. The number of carbonyl (C=O) groups is 1. The molecule has 2 aliphatic rings. The molecule has 0 saturated heterocycles. The number of anilines is 1. The van der Waals surface area contributed by atoms with Crippen LogP contribution in [0.4, 0.5) is 5.82 Å². The van der Waals surface area contributed by atoms with Crippen LogP contribution < -0.4 is 15.8 Å². The molecule has 1 aliphatic heterocycles. The number of amides is 1. The molecule has 1 amide bonds. The molecule has 2 aromatic heterocycles. The van der Waals surface area contributed by atoms with Crippen molar-refractivity contribution in [3.8, 4) is 11.8 Å². The summed E-state index contributed by atoms with van der Waals surface area (Å²) in [6.07, 6.45) is 2.87. The molecule has 0 spiro atoms. The second kappa shape index (κ2) is 9.22. The molecule has 1 fully saturated rings. The number of nitrogens with two attached hydrogens (primary N) is 1. The van der Waals surface area contributed by atoms with Gasteiger partial charge in [0.1, 0.15) is 30.1 Å². The van der Waals surface area contributed by atoms with E-state index in [-0.39, 0.29) is 30.0 Å². The predicted octanol–water partition coefficient (Wildman–Crippen LogP) is 2.96. The van der Waals surface area contributed by atoms with E-state index in [2.05, 4.69) is 26.3 Å². The summed E-state index contributed by atoms with van der Waals surface area (Å²) in [5.41, 5.74) is 9.46. The molecule has 1 aromatic carbocycles. The molecule has 11 heteroatoms. The van der Waals surface area contributed by atoms with E-state index >= 15 is 0 Å². The van der Waals surface area contributed by atoms with Crippen LogP contribution in [0.1, 0.15) is 55.1 Å². The van der Waals surface area contributed by atoms with E-state index in [0.717, 1.165) is 29.7 Å². The van der Waals surface area contributed by atoms with E-state index in [4.69, 9.17) is 27.2 Å². The van der Waals surface area contributed by atoms with Crippen LogP contribution in [0.3, 0.4) is 0 Å². The second-order valence-corrected chi connectivity index (χ2v) is 10.1. The van der Waals surface area contributed by atoms with Gasteiger partial charge in [-0.15, -0.1) is 0 Å². The van der Waals surface area contributed by atoms with E-state index < -0.39 is 0 Å². The van der Waals surface area contributed by atoms with Crippen molar-refractivity contribution in [3.05, 3.63) is 39.8 Å². The minimum Gasteiger partial charge on any atom is -0.489 e. The summed E-state index contributed by atoms with van der Waals surface area (Å²) >= 11 is 6.67. The summed E-state index contributed by atoms with van der Waals surface area (Å²) in [7, 11) is 1.67. The van der Waals surface area contributed by atoms with Crippen molar-refractivity contribution < 1.29 is 9.53 Å². The smallest absolute Gasteiger partial charge is 0.222 e. The Morgan fingerprint density at radius 2 is 2.14 bits per heavy atom. The number of aryl methyl sites for hydroxylation is 1. The number of hydrogen-bond acceptors (Lipinski definition) is 8. The lowest BCUT2D eigenvalue weighted by Crippen LogP contribution is -2.50. The quantitative estimate of drug-likeness (QED) is 0.549. The van der Waals surface area contributed by atoms with Gasteiger partial charge in [0.25, 0.3) is 0 Å². The van der Waals surface area contributed by atoms with Crippen molar-refractivity contribution in [2.45, 2.75) is 58.3 Å². The topological polar surface area (TPSA) is 135 Å². The van der Waals surface area contributed by atoms with Crippen LogP contribution in [-0.2, 0) is 11.3 Å². The Kier molecular flexibility index (Phi) is 6.22. The van der Waals surface area contributed by atoms with Crippen molar-refractivity contribution >= 4 is 34.4 Å². The fraction of sp³-hybridized carbons (Fsp3) is 0.480. The van der Waals surface area contributed by atoms with Crippen LogP contribution >= 0.6 is 11.6 Å². The van der Waals surface area contributed by atoms with Crippen LogP contribution in [0, 0.1) is 24.2 Å². The molecule has 10 nitrogen and oxygen atoms in total. The van der Waals surface area contributed by atoms with Crippen LogP contribution in [0.5, 0.6) is 5.75 Å². The third kappa shape index (κ3) is 3.92. The van der Waals surface area contributed by atoms with Gasteiger partial charge in [0, 0.05) is 43.2 Å². The first kappa shape index (κ1) is 24.3. The molecule has 3 heterocycles. The van der Waals surface area contributed by atoms with Crippen LogP contribution in [-0.4, -0.2) is 56.3 Å². The maximum absolute atomic E-state index is 12.0. The summed E-state index contributed by atoms with van der Waals surface area (Å²) in [5, 5.41) is 18.5. The molecule has 3 N–H and O–H groups in total. The van der Waals surface area contributed by atoms with Gasteiger partial charge in [0.05, 0.1) is 27.7 Å². The maximum atomic E-state index is 12.0. The van der Waals surface area contributed by atoms with Gasteiger partial charge >= 0.3 is 0 Å². The first-order valence-corrected chi connectivity index (χ1v) is 12.4. The number of nitrogens with zero attached hydrogens (tertiary/aromatic N) is 6. The number of aromatic nitrogens is 4. The number of rotatable bonds is 4. The lowest BCUT2D eigenvalue weighted by atomic mass is 9.78. The molecule has 2 atom stereocenters.